The summed E-state index contributed by atoms with van der Waals surface area (Å²) in [6.45, 7) is 2.72. The van der Waals surface area contributed by atoms with E-state index in [-0.39, 0.29) is 11.8 Å². The molecule has 2 heterocycles. The van der Waals surface area contributed by atoms with Crippen molar-refractivity contribution in [1.82, 2.24) is 19.7 Å². The Kier molecular flexibility index (Phi) is 3.67. The summed E-state index contributed by atoms with van der Waals surface area (Å²) >= 11 is 0. The van der Waals surface area contributed by atoms with Crippen molar-refractivity contribution in [2.75, 3.05) is 0 Å². The van der Waals surface area contributed by atoms with Gasteiger partial charge in [-0.05, 0) is 18.8 Å². The Hall–Kier alpha value is -1.91. The number of carbonyl (C=O) groups is 1. The van der Waals surface area contributed by atoms with Gasteiger partial charge in [-0.25, -0.2) is 4.98 Å². The molecule has 2 aromatic rings. The number of nitrogens with zero attached hydrogens (tertiary/aromatic N) is 3. The molecule has 0 spiro atoms. The third kappa shape index (κ3) is 2.66. The number of hydrogen-bond donors (Lipinski definition) is 1. The van der Waals surface area contributed by atoms with Crippen molar-refractivity contribution in [2.45, 2.75) is 39.2 Å². The lowest BCUT2D eigenvalue weighted by Crippen LogP contribution is -2.25. The first-order chi connectivity index (χ1) is 9.79. The van der Waals surface area contributed by atoms with Crippen LogP contribution in [0.25, 0.3) is 5.65 Å². The highest BCUT2D eigenvalue weighted by molar-refractivity contribution is 5.81. The van der Waals surface area contributed by atoms with Gasteiger partial charge in [0.05, 0.1) is 24.6 Å². The minimum absolute atomic E-state index is 0.190. The van der Waals surface area contributed by atoms with E-state index in [1.54, 1.807) is 18.6 Å². The molecule has 0 bridgehead atoms. The fraction of sp³-hybridized carbons (Fsp3) is 0.533. The van der Waals surface area contributed by atoms with E-state index in [9.17, 15) is 4.79 Å². The minimum atomic E-state index is 0.190. The fourth-order valence-corrected chi connectivity index (χ4v) is 2.69. The zero-order valence-corrected chi connectivity index (χ0v) is 11.7. The number of hydrogen-bond acceptors (Lipinski definition) is 3. The molecule has 0 saturated heterocycles. The summed E-state index contributed by atoms with van der Waals surface area (Å²) in [5.41, 5.74) is 1.80. The minimum Gasteiger partial charge on any atom is -0.350 e. The highest BCUT2D eigenvalue weighted by Crippen LogP contribution is 2.42. The number of rotatable bonds is 6. The molecular weight excluding hydrogens is 252 g/mol. The number of unbranched alkanes of at least 4 members (excludes halogenated alkanes) is 1. The molecule has 20 heavy (non-hydrogen) atoms. The first kappa shape index (κ1) is 13.1. The highest BCUT2D eigenvalue weighted by Gasteiger charge is 2.41. The van der Waals surface area contributed by atoms with Gasteiger partial charge in [0.2, 0.25) is 5.91 Å². The van der Waals surface area contributed by atoms with Gasteiger partial charge in [0.1, 0.15) is 0 Å². The van der Waals surface area contributed by atoms with Crippen molar-refractivity contribution in [3.05, 3.63) is 30.5 Å². The summed E-state index contributed by atoms with van der Waals surface area (Å²) in [6.07, 6.45) is 11.8. The predicted octanol–water partition coefficient (Wildman–Crippen LogP) is 2.17. The second kappa shape index (κ2) is 5.61. The van der Waals surface area contributed by atoms with E-state index < -0.39 is 0 Å². The van der Waals surface area contributed by atoms with E-state index in [2.05, 4.69) is 22.2 Å². The van der Waals surface area contributed by atoms with Crippen molar-refractivity contribution in [2.24, 2.45) is 11.8 Å². The van der Waals surface area contributed by atoms with E-state index in [1.807, 2.05) is 10.6 Å². The smallest absolute Gasteiger partial charge is 0.223 e. The predicted molar refractivity (Wildman–Crippen MR) is 76.0 cm³/mol. The molecule has 3 rings (SSSR count). The number of imidazole rings is 1. The highest BCUT2D eigenvalue weighted by atomic mass is 16.2. The fourth-order valence-electron chi connectivity index (χ4n) is 2.69. The van der Waals surface area contributed by atoms with Crippen LogP contribution in [0, 0.1) is 11.8 Å². The average Bonchev–Trinajstić information content (AvgIpc) is 3.14. The molecule has 0 radical (unpaired) electrons. The van der Waals surface area contributed by atoms with Crippen molar-refractivity contribution in [3.63, 3.8) is 0 Å². The molecule has 5 nitrogen and oxygen atoms in total. The molecule has 1 amide bonds. The SMILES string of the molecule is CCCC[C@@H]1C[C@@H]1C(=O)NCc1cnc2cnccn12. The summed E-state index contributed by atoms with van der Waals surface area (Å²) in [6, 6.07) is 0. The summed E-state index contributed by atoms with van der Waals surface area (Å²) in [4.78, 5) is 20.3. The Morgan fingerprint density at radius 3 is 3.25 bits per heavy atom. The van der Waals surface area contributed by atoms with Gasteiger partial charge in [0, 0.05) is 18.3 Å². The van der Waals surface area contributed by atoms with E-state index in [1.165, 1.54) is 19.3 Å². The molecule has 1 N–H and O–H groups in total. The van der Waals surface area contributed by atoms with E-state index in [4.69, 9.17) is 0 Å². The largest absolute Gasteiger partial charge is 0.350 e. The van der Waals surface area contributed by atoms with Gasteiger partial charge in [-0.3, -0.25) is 14.2 Å². The van der Waals surface area contributed by atoms with Gasteiger partial charge in [-0.2, -0.15) is 0 Å². The summed E-state index contributed by atoms with van der Waals surface area (Å²) in [5, 5.41) is 3.03. The molecule has 2 aromatic heterocycles. The Balaban J connectivity index is 1.54. The lowest BCUT2D eigenvalue weighted by Gasteiger charge is -2.05. The molecule has 0 aliphatic heterocycles. The Bertz CT molecular complexity index is 607. The van der Waals surface area contributed by atoms with Gasteiger partial charge < -0.3 is 5.32 Å². The Morgan fingerprint density at radius 1 is 1.50 bits per heavy atom. The molecule has 1 fully saturated rings. The van der Waals surface area contributed by atoms with Crippen LogP contribution in [0.3, 0.4) is 0 Å². The normalized spacial score (nSPS) is 21.1. The molecule has 1 aliphatic carbocycles. The zero-order chi connectivity index (χ0) is 13.9. The van der Waals surface area contributed by atoms with Crippen LogP contribution in [-0.4, -0.2) is 20.3 Å². The first-order valence-electron chi connectivity index (χ1n) is 7.33. The molecule has 5 heteroatoms. The van der Waals surface area contributed by atoms with Crippen molar-refractivity contribution in [3.8, 4) is 0 Å². The molecule has 1 aliphatic rings. The van der Waals surface area contributed by atoms with Gasteiger partial charge in [0.25, 0.3) is 0 Å². The van der Waals surface area contributed by atoms with Crippen LogP contribution in [0.2, 0.25) is 0 Å². The summed E-state index contributed by atoms with van der Waals surface area (Å²) in [7, 11) is 0. The molecule has 0 unspecified atom stereocenters. The van der Waals surface area contributed by atoms with E-state index in [0.717, 1.165) is 17.8 Å². The second-order valence-corrected chi connectivity index (χ2v) is 5.52. The van der Waals surface area contributed by atoms with Gasteiger partial charge in [-0.1, -0.05) is 19.8 Å². The number of nitrogens with one attached hydrogen (secondary N) is 1. The maximum absolute atomic E-state index is 12.1. The average molecular weight is 272 g/mol. The zero-order valence-electron chi connectivity index (χ0n) is 11.7. The third-order valence-electron chi connectivity index (χ3n) is 4.03. The number of carbonyl (C=O) groups excluding carboxylic acids is 1. The topological polar surface area (TPSA) is 59.3 Å². The lowest BCUT2D eigenvalue weighted by atomic mass is 10.1. The first-order valence-corrected chi connectivity index (χ1v) is 7.33. The molecule has 2 atom stereocenters. The number of amides is 1. The van der Waals surface area contributed by atoms with E-state index >= 15 is 0 Å². The Morgan fingerprint density at radius 2 is 2.40 bits per heavy atom. The summed E-state index contributed by atoms with van der Waals surface area (Å²) < 4.78 is 1.95. The van der Waals surface area contributed by atoms with Gasteiger partial charge in [0.15, 0.2) is 5.65 Å². The van der Waals surface area contributed by atoms with Crippen LogP contribution in [-0.2, 0) is 11.3 Å². The van der Waals surface area contributed by atoms with Crippen molar-refractivity contribution < 1.29 is 4.79 Å². The van der Waals surface area contributed by atoms with E-state index in [0.29, 0.717) is 12.5 Å². The monoisotopic (exact) mass is 272 g/mol. The van der Waals surface area contributed by atoms with Crippen LogP contribution in [0.1, 0.15) is 38.3 Å². The second-order valence-electron chi connectivity index (χ2n) is 5.52. The Labute approximate surface area is 118 Å². The third-order valence-corrected chi connectivity index (χ3v) is 4.03. The molecule has 0 aromatic carbocycles. The van der Waals surface area contributed by atoms with Crippen molar-refractivity contribution in [1.29, 1.82) is 0 Å². The van der Waals surface area contributed by atoms with Crippen LogP contribution < -0.4 is 5.32 Å². The van der Waals surface area contributed by atoms with Crippen LogP contribution in [0.5, 0.6) is 0 Å². The standard InChI is InChI=1S/C15H20N4O/c1-2-3-4-11-7-13(11)15(20)18-9-12-8-17-14-10-16-5-6-19(12)14/h5-6,8,10-11,13H,2-4,7,9H2,1H3,(H,18,20)/t11-,13+/m1/s1. The molecule has 1 saturated carbocycles. The molecule has 106 valence electrons. The number of fused-ring (bicyclic) bond motifs is 1. The van der Waals surface area contributed by atoms with Gasteiger partial charge in [-0.15, -0.1) is 0 Å². The van der Waals surface area contributed by atoms with Crippen LogP contribution in [0.4, 0.5) is 0 Å². The molecular formula is C15H20N4O. The lowest BCUT2D eigenvalue weighted by molar-refractivity contribution is -0.122. The van der Waals surface area contributed by atoms with Crippen molar-refractivity contribution >= 4 is 11.6 Å². The number of aromatic nitrogens is 3. The van der Waals surface area contributed by atoms with Gasteiger partial charge >= 0.3 is 0 Å². The quantitative estimate of drug-likeness (QED) is 0.876. The summed E-state index contributed by atoms with van der Waals surface area (Å²) in [5.74, 6) is 1.04. The maximum atomic E-state index is 12.1. The van der Waals surface area contributed by atoms with Crippen LogP contribution in [0.15, 0.2) is 24.8 Å². The maximum Gasteiger partial charge on any atom is 0.223 e. The van der Waals surface area contributed by atoms with Crippen LogP contribution >= 0.6 is 0 Å².